The molecule has 0 aliphatic rings. The lowest BCUT2D eigenvalue weighted by Gasteiger charge is -2.12. The number of allylic oxidation sites excluding steroid dienone is 12. The van der Waals surface area contributed by atoms with Gasteiger partial charge in [-0.2, -0.15) is 0 Å². The second kappa shape index (κ2) is 32.9. The summed E-state index contributed by atoms with van der Waals surface area (Å²) in [6.45, 7) is 4.16. The van der Waals surface area contributed by atoms with E-state index in [2.05, 4.69) is 79.8 Å². The van der Waals surface area contributed by atoms with Crippen molar-refractivity contribution in [2.75, 3.05) is 0 Å². The highest BCUT2D eigenvalue weighted by Crippen LogP contribution is 2.14. The molecule has 0 heterocycles. The van der Waals surface area contributed by atoms with Crippen LogP contribution in [0.3, 0.4) is 0 Å². The molecule has 0 saturated heterocycles. The molecule has 0 spiro atoms. The van der Waals surface area contributed by atoms with Gasteiger partial charge in [-0.15, -0.1) is 0 Å². The lowest BCUT2D eigenvalue weighted by molar-refractivity contribution is -0.148. The highest BCUT2D eigenvalue weighted by atomic mass is 16.5. The molecule has 238 valence electrons. The SMILES string of the molecule is CC/C=C\C/C=C\C/C=C\C/C=C\C/C=C\C/C=C\CCC(=O)OC(C)CCCCCCCCCCCCCC(=O)O. The third-order valence-electron chi connectivity index (χ3n) is 6.95. The van der Waals surface area contributed by atoms with Crippen LogP contribution in [-0.4, -0.2) is 23.1 Å². The molecular weight excluding hydrogens is 520 g/mol. The molecule has 0 aromatic carbocycles. The van der Waals surface area contributed by atoms with E-state index in [9.17, 15) is 9.59 Å². The normalized spacial score (nSPS) is 13.2. The lowest BCUT2D eigenvalue weighted by atomic mass is 10.0. The van der Waals surface area contributed by atoms with E-state index < -0.39 is 5.97 Å². The number of ether oxygens (including phenoxy) is 1. The maximum absolute atomic E-state index is 12.1. The molecule has 1 atom stereocenters. The predicted molar refractivity (Wildman–Crippen MR) is 181 cm³/mol. The van der Waals surface area contributed by atoms with Crippen molar-refractivity contribution in [1.82, 2.24) is 0 Å². The smallest absolute Gasteiger partial charge is 0.306 e. The summed E-state index contributed by atoms with van der Waals surface area (Å²) in [4.78, 5) is 22.5. The maximum atomic E-state index is 12.1. The van der Waals surface area contributed by atoms with Gasteiger partial charge < -0.3 is 9.84 Å². The summed E-state index contributed by atoms with van der Waals surface area (Å²) in [5, 5.41) is 8.63. The average molecular weight is 583 g/mol. The molecule has 4 nitrogen and oxygen atoms in total. The third kappa shape index (κ3) is 33.6. The number of aliphatic carboxylic acids is 1. The van der Waals surface area contributed by atoms with E-state index >= 15 is 0 Å². The monoisotopic (exact) mass is 582 g/mol. The summed E-state index contributed by atoms with van der Waals surface area (Å²) >= 11 is 0. The van der Waals surface area contributed by atoms with Gasteiger partial charge in [0.25, 0.3) is 0 Å². The van der Waals surface area contributed by atoms with Gasteiger partial charge in [0.1, 0.15) is 0 Å². The van der Waals surface area contributed by atoms with Gasteiger partial charge in [0.15, 0.2) is 0 Å². The zero-order valence-corrected chi connectivity index (χ0v) is 27.0. The minimum absolute atomic E-state index is 0.00361. The summed E-state index contributed by atoms with van der Waals surface area (Å²) < 4.78 is 5.56. The van der Waals surface area contributed by atoms with Crippen molar-refractivity contribution in [3.05, 3.63) is 72.9 Å². The molecule has 0 bridgehead atoms. The predicted octanol–water partition coefficient (Wildman–Crippen LogP) is 11.6. The van der Waals surface area contributed by atoms with Crippen LogP contribution in [0.15, 0.2) is 72.9 Å². The van der Waals surface area contributed by atoms with E-state index in [4.69, 9.17) is 9.84 Å². The fraction of sp³-hybridized carbons (Fsp3) is 0.632. The Balaban J connectivity index is 3.55. The third-order valence-corrected chi connectivity index (χ3v) is 6.95. The topological polar surface area (TPSA) is 63.6 Å². The second-order valence-electron chi connectivity index (χ2n) is 11.1. The second-order valence-corrected chi connectivity index (χ2v) is 11.1. The van der Waals surface area contributed by atoms with Gasteiger partial charge in [-0.3, -0.25) is 9.59 Å². The highest BCUT2D eigenvalue weighted by molar-refractivity contribution is 5.69. The van der Waals surface area contributed by atoms with E-state index in [1.54, 1.807) is 0 Å². The largest absolute Gasteiger partial charge is 0.481 e. The van der Waals surface area contributed by atoms with Gasteiger partial charge in [0.05, 0.1) is 6.10 Å². The average Bonchev–Trinajstić information content (AvgIpc) is 2.96. The molecule has 0 radical (unpaired) electrons. The molecule has 0 aliphatic heterocycles. The molecular formula is C38H62O4. The molecule has 4 heteroatoms. The Hall–Kier alpha value is -2.62. The fourth-order valence-corrected chi connectivity index (χ4v) is 4.48. The summed E-state index contributed by atoms with van der Waals surface area (Å²) in [6, 6.07) is 0. The van der Waals surface area contributed by atoms with Crippen LogP contribution in [0.4, 0.5) is 0 Å². The Morgan fingerprint density at radius 1 is 0.548 bits per heavy atom. The van der Waals surface area contributed by atoms with Crippen molar-refractivity contribution >= 4 is 11.9 Å². The molecule has 0 fully saturated rings. The zero-order chi connectivity index (χ0) is 30.8. The quantitative estimate of drug-likeness (QED) is 0.0541. The zero-order valence-electron chi connectivity index (χ0n) is 27.0. The van der Waals surface area contributed by atoms with Crippen molar-refractivity contribution in [3.63, 3.8) is 0 Å². The van der Waals surface area contributed by atoms with E-state index in [1.807, 2.05) is 6.92 Å². The van der Waals surface area contributed by atoms with Crippen LogP contribution >= 0.6 is 0 Å². The first-order valence-electron chi connectivity index (χ1n) is 16.9. The Bertz CT molecular complexity index is 800. The van der Waals surface area contributed by atoms with Crippen LogP contribution < -0.4 is 0 Å². The summed E-state index contributed by atoms with van der Waals surface area (Å²) in [6.07, 6.45) is 47.5. The molecule has 0 saturated carbocycles. The Labute approximate surface area is 258 Å². The van der Waals surface area contributed by atoms with Crippen LogP contribution in [0, 0.1) is 0 Å². The molecule has 0 aromatic rings. The van der Waals surface area contributed by atoms with E-state index in [1.165, 1.54) is 44.9 Å². The number of carbonyl (C=O) groups is 2. The van der Waals surface area contributed by atoms with E-state index in [0.29, 0.717) is 12.8 Å². The summed E-state index contributed by atoms with van der Waals surface area (Å²) in [5.74, 6) is -0.774. The number of rotatable bonds is 29. The van der Waals surface area contributed by atoms with Crippen LogP contribution in [0.2, 0.25) is 0 Å². The van der Waals surface area contributed by atoms with Gasteiger partial charge in [-0.25, -0.2) is 0 Å². The van der Waals surface area contributed by atoms with Gasteiger partial charge >= 0.3 is 11.9 Å². The molecule has 1 unspecified atom stereocenters. The number of carboxylic acids is 1. The number of hydrogen-bond donors (Lipinski definition) is 1. The summed E-state index contributed by atoms with van der Waals surface area (Å²) in [5.41, 5.74) is 0. The standard InChI is InChI=1S/C38H62O4/c1-3-4-5-6-7-8-9-10-11-12-13-14-15-16-20-23-26-29-32-35-38(41)42-36(2)33-30-27-24-21-18-17-19-22-25-28-31-34-37(39)40/h4-5,7-8,10-11,13-14,16,20,26,29,36H,3,6,9,12,15,17-19,21-25,27-28,30-35H2,1-2H3,(H,39,40)/b5-4-,8-7-,11-10-,14-13-,20-16-,29-26-. The van der Waals surface area contributed by atoms with Crippen LogP contribution in [0.25, 0.3) is 0 Å². The number of hydrogen-bond acceptors (Lipinski definition) is 3. The number of esters is 1. The number of carboxylic acid groups (broad SMARTS) is 1. The van der Waals surface area contributed by atoms with Crippen LogP contribution in [0.5, 0.6) is 0 Å². The maximum Gasteiger partial charge on any atom is 0.306 e. The molecule has 0 aliphatic carbocycles. The van der Waals surface area contributed by atoms with Crippen LogP contribution in [-0.2, 0) is 14.3 Å². The van der Waals surface area contributed by atoms with E-state index in [0.717, 1.165) is 77.0 Å². The van der Waals surface area contributed by atoms with Crippen LogP contribution in [0.1, 0.15) is 149 Å². The lowest BCUT2D eigenvalue weighted by Crippen LogP contribution is -2.14. The van der Waals surface area contributed by atoms with Gasteiger partial charge in [-0.1, -0.05) is 138 Å². The first kappa shape index (κ1) is 39.4. The highest BCUT2D eigenvalue weighted by Gasteiger charge is 2.08. The van der Waals surface area contributed by atoms with Crippen molar-refractivity contribution in [2.24, 2.45) is 0 Å². The summed E-state index contributed by atoms with van der Waals surface area (Å²) in [7, 11) is 0. The van der Waals surface area contributed by atoms with Gasteiger partial charge in [0, 0.05) is 12.8 Å². The Morgan fingerprint density at radius 3 is 1.36 bits per heavy atom. The van der Waals surface area contributed by atoms with Crippen molar-refractivity contribution in [1.29, 1.82) is 0 Å². The first-order chi connectivity index (χ1) is 20.6. The van der Waals surface area contributed by atoms with Crippen molar-refractivity contribution in [3.8, 4) is 0 Å². The molecule has 0 aromatic heterocycles. The molecule has 42 heavy (non-hydrogen) atoms. The van der Waals surface area contributed by atoms with Crippen molar-refractivity contribution < 1.29 is 19.4 Å². The van der Waals surface area contributed by atoms with Crippen molar-refractivity contribution in [2.45, 2.75) is 155 Å². The number of carbonyl (C=O) groups excluding carboxylic acids is 1. The molecule has 0 rings (SSSR count). The van der Waals surface area contributed by atoms with E-state index in [-0.39, 0.29) is 12.1 Å². The van der Waals surface area contributed by atoms with Gasteiger partial charge in [0.2, 0.25) is 0 Å². The fourth-order valence-electron chi connectivity index (χ4n) is 4.48. The Morgan fingerprint density at radius 2 is 0.929 bits per heavy atom. The number of unbranched alkanes of at least 4 members (excludes halogenated alkanes) is 10. The minimum Gasteiger partial charge on any atom is -0.481 e. The first-order valence-corrected chi connectivity index (χ1v) is 16.9. The Kier molecular flexibility index (Phi) is 30.8. The van der Waals surface area contributed by atoms with Gasteiger partial charge in [-0.05, 0) is 71.1 Å². The molecule has 1 N–H and O–H groups in total. The minimum atomic E-state index is -0.681. The molecule has 0 amide bonds.